The van der Waals surface area contributed by atoms with Crippen molar-refractivity contribution in [2.45, 2.75) is 104 Å². The van der Waals surface area contributed by atoms with Crippen molar-refractivity contribution in [1.29, 1.82) is 0 Å². The Morgan fingerprint density at radius 3 is 1.58 bits per heavy atom. The van der Waals surface area contributed by atoms with Gasteiger partial charge in [-0.2, -0.15) is 0 Å². The Hall–Kier alpha value is 0.290. The van der Waals surface area contributed by atoms with E-state index in [-0.39, 0.29) is 4.87 Å². The molecule has 0 aliphatic carbocycles. The van der Waals surface area contributed by atoms with E-state index in [1.165, 1.54) is 64.2 Å². The van der Waals surface area contributed by atoms with Gasteiger partial charge in [-0.15, -0.1) is 11.6 Å². The molecule has 0 aliphatic heterocycles. The molecule has 0 atom stereocenters. The summed E-state index contributed by atoms with van der Waals surface area (Å²) in [4.78, 5) is 0.0613. The molecule has 0 saturated heterocycles. The Balaban J connectivity index is 3.86. The first-order chi connectivity index (χ1) is 8.89. The Morgan fingerprint density at radius 1 is 0.737 bits per heavy atom. The van der Waals surface area contributed by atoms with Gasteiger partial charge in [0.1, 0.15) is 0 Å². The van der Waals surface area contributed by atoms with Gasteiger partial charge in [-0.1, -0.05) is 79.6 Å². The van der Waals surface area contributed by atoms with Gasteiger partial charge in [0.05, 0.1) is 0 Å². The van der Waals surface area contributed by atoms with Crippen molar-refractivity contribution in [3.63, 3.8) is 0 Å². The minimum Gasteiger partial charge on any atom is -0.119 e. The molecule has 0 N–H and O–H groups in total. The minimum absolute atomic E-state index is 0.0613. The molecule has 0 aromatic heterocycles. The fourth-order valence-electron chi connectivity index (χ4n) is 3.15. The van der Waals surface area contributed by atoms with Gasteiger partial charge in [0.25, 0.3) is 0 Å². The highest BCUT2D eigenvalue weighted by molar-refractivity contribution is 6.23. The summed E-state index contributed by atoms with van der Waals surface area (Å²) in [6.45, 7) is 11.5. The third kappa shape index (κ3) is 11.8. The second kappa shape index (κ2) is 11.0. The topological polar surface area (TPSA) is 0 Å². The van der Waals surface area contributed by atoms with Crippen LogP contribution in [0.4, 0.5) is 0 Å². The van der Waals surface area contributed by atoms with E-state index in [2.05, 4.69) is 34.6 Å². The molecule has 0 fully saturated rings. The van der Waals surface area contributed by atoms with Crippen LogP contribution in [-0.4, -0.2) is 4.87 Å². The third-order valence-electron chi connectivity index (χ3n) is 3.78. The standard InChI is InChI=1S/C18H37Cl/c1-6-7-8-9-10-11-12-13-18(19,14-16(2)3)15-17(4)5/h16-17H,6-15H2,1-5H3. The molecule has 0 radical (unpaired) electrons. The van der Waals surface area contributed by atoms with Crippen LogP contribution in [0.25, 0.3) is 0 Å². The monoisotopic (exact) mass is 288 g/mol. The van der Waals surface area contributed by atoms with Gasteiger partial charge in [-0.25, -0.2) is 0 Å². The molecule has 0 amide bonds. The first-order valence-corrected chi connectivity index (χ1v) is 8.96. The van der Waals surface area contributed by atoms with E-state index in [0.717, 1.165) is 0 Å². The maximum absolute atomic E-state index is 6.89. The SMILES string of the molecule is CCCCCCCCCC(Cl)(CC(C)C)CC(C)C. The van der Waals surface area contributed by atoms with Crippen LogP contribution in [-0.2, 0) is 0 Å². The highest BCUT2D eigenvalue weighted by atomic mass is 35.5. The normalized spacial score (nSPS) is 12.6. The second-order valence-electron chi connectivity index (χ2n) is 7.22. The van der Waals surface area contributed by atoms with Crippen LogP contribution in [0.3, 0.4) is 0 Å². The van der Waals surface area contributed by atoms with Gasteiger partial charge in [0.2, 0.25) is 0 Å². The van der Waals surface area contributed by atoms with Crippen molar-refractivity contribution in [3.05, 3.63) is 0 Å². The molecule has 0 unspecified atom stereocenters. The predicted octanol–water partition coefficient (Wildman–Crippen LogP) is 7.20. The number of alkyl halides is 1. The molecule has 0 aromatic rings. The van der Waals surface area contributed by atoms with Crippen LogP contribution < -0.4 is 0 Å². The quantitative estimate of drug-likeness (QED) is 0.263. The lowest BCUT2D eigenvalue weighted by atomic mass is 9.84. The highest BCUT2D eigenvalue weighted by Crippen LogP contribution is 2.36. The Morgan fingerprint density at radius 2 is 1.16 bits per heavy atom. The lowest BCUT2D eigenvalue weighted by molar-refractivity contribution is 0.344. The second-order valence-corrected chi connectivity index (χ2v) is 8.02. The number of hydrogen-bond donors (Lipinski definition) is 0. The van der Waals surface area contributed by atoms with E-state index in [0.29, 0.717) is 11.8 Å². The molecule has 0 saturated carbocycles. The van der Waals surface area contributed by atoms with Crippen molar-refractivity contribution in [1.82, 2.24) is 0 Å². The summed E-state index contributed by atoms with van der Waals surface area (Å²) in [5.74, 6) is 1.42. The first-order valence-electron chi connectivity index (χ1n) is 8.58. The Labute approximate surface area is 127 Å². The van der Waals surface area contributed by atoms with Crippen molar-refractivity contribution in [2.75, 3.05) is 0 Å². The van der Waals surface area contributed by atoms with Gasteiger partial charge < -0.3 is 0 Å². The molecule has 116 valence electrons. The molecule has 0 heterocycles. The fourth-order valence-corrected chi connectivity index (χ4v) is 3.90. The maximum atomic E-state index is 6.89. The molecule has 19 heavy (non-hydrogen) atoms. The zero-order valence-electron chi connectivity index (χ0n) is 14.1. The lowest BCUT2D eigenvalue weighted by Gasteiger charge is -2.31. The maximum Gasteiger partial charge on any atom is 0.0451 e. The van der Waals surface area contributed by atoms with Crippen LogP contribution in [0.1, 0.15) is 98.8 Å². The van der Waals surface area contributed by atoms with Crippen molar-refractivity contribution in [3.8, 4) is 0 Å². The molecular formula is C18H37Cl. The number of unbranched alkanes of at least 4 members (excludes halogenated alkanes) is 6. The molecule has 0 bridgehead atoms. The van der Waals surface area contributed by atoms with Crippen LogP contribution >= 0.6 is 11.6 Å². The van der Waals surface area contributed by atoms with E-state index in [1.54, 1.807) is 0 Å². The van der Waals surface area contributed by atoms with Crippen LogP contribution in [0.5, 0.6) is 0 Å². The van der Waals surface area contributed by atoms with Gasteiger partial charge in [-0.3, -0.25) is 0 Å². The molecular weight excluding hydrogens is 252 g/mol. The molecule has 0 nitrogen and oxygen atoms in total. The summed E-state index contributed by atoms with van der Waals surface area (Å²) >= 11 is 6.89. The largest absolute Gasteiger partial charge is 0.119 e. The van der Waals surface area contributed by atoms with Crippen molar-refractivity contribution in [2.24, 2.45) is 11.8 Å². The van der Waals surface area contributed by atoms with E-state index < -0.39 is 0 Å². The summed E-state index contributed by atoms with van der Waals surface area (Å²) in [6.07, 6.45) is 13.2. The zero-order chi connectivity index (χ0) is 14.7. The average Bonchev–Trinajstić information content (AvgIpc) is 2.25. The minimum atomic E-state index is 0.0613. The molecule has 0 spiro atoms. The Kier molecular flexibility index (Phi) is 11.2. The van der Waals surface area contributed by atoms with E-state index >= 15 is 0 Å². The third-order valence-corrected chi connectivity index (χ3v) is 4.27. The first kappa shape index (κ1) is 19.3. The van der Waals surface area contributed by atoms with E-state index in [4.69, 9.17) is 11.6 Å². The van der Waals surface area contributed by atoms with Gasteiger partial charge in [-0.05, 0) is 31.1 Å². The van der Waals surface area contributed by atoms with Crippen molar-refractivity contribution < 1.29 is 0 Å². The predicted molar refractivity (Wildman–Crippen MR) is 90.1 cm³/mol. The van der Waals surface area contributed by atoms with E-state index in [1.807, 2.05) is 0 Å². The molecule has 0 rings (SSSR count). The number of hydrogen-bond acceptors (Lipinski definition) is 0. The highest BCUT2D eigenvalue weighted by Gasteiger charge is 2.28. The summed E-state index contributed by atoms with van der Waals surface area (Å²) in [6, 6.07) is 0. The molecule has 1 heteroatoms. The summed E-state index contributed by atoms with van der Waals surface area (Å²) in [7, 11) is 0. The smallest absolute Gasteiger partial charge is 0.0451 e. The summed E-state index contributed by atoms with van der Waals surface area (Å²) < 4.78 is 0. The van der Waals surface area contributed by atoms with Crippen LogP contribution in [0, 0.1) is 11.8 Å². The molecule has 0 aromatic carbocycles. The number of halogens is 1. The summed E-state index contributed by atoms with van der Waals surface area (Å²) in [5, 5.41) is 0. The number of rotatable bonds is 12. The average molecular weight is 289 g/mol. The zero-order valence-corrected chi connectivity index (χ0v) is 14.9. The van der Waals surface area contributed by atoms with Gasteiger partial charge in [0, 0.05) is 4.87 Å². The van der Waals surface area contributed by atoms with Gasteiger partial charge >= 0.3 is 0 Å². The fraction of sp³-hybridized carbons (Fsp3) is 1.00. The summed E-state index contributed by atoms with van der Waals surface area (Å²) in [5.41, 5.74) is 0. The van der Waals surface area contributed by atoms with E-state index in [9.17, 15) is 0 Å². The molecule has 0 aliphatic rings. The van der Waals surface area contributed by atoms with Crippen LogP contribution in [0.15, 0.2) is 0 Å². The van der Waals surface area contributed by atoms with Crippen molar-refractivity contribution >= 4 is 11.6 Å². The van der Waals surface area contributed by atoms with Gasteiger partial charge in [0.15, 0.2) is 0 Å². The Bertz CT molecular complexity index is 186. The van der Waals surface area contributed by atoms with Crippen LogP contribution in [0.2, 0.25) is 0 Å². The lowest BCUT2D eigenvalue weighted by Crippen LogP contribution is -2.26.